The third kappa shape index (κ3) is 4.67. The van der Waals surface area contributed by atoms with Crippen LogP contribution in [0.15, 0.2) is 18.2 Å². The SMILES string of the molecule is NCc1ccc(OS(=O)(=O)C(F)(F)F)c(OC(F)(F)F)c1. The van der Waals surface area contributed by atoms with E-state index in [2.05, 4.69) is 8.92 Å². The summed E-state index contributed by atoms with van der Waals surface area (Å²) in [4.78, 5) is 0. The van der Waals surface area contributed by atoms with Crippen LogP contribution < -0.4 is 14.7 Å². The maximum atomic E-state index is 12.1. The fourth-order valence-corrected chi connectivity index (χ4v) is 1.59. The molecule has 21 heavy (non-hydrogen) atoms. The van der Waals surface area contributed by atoms with E-state index in [9.17, 15) is 34.8 Å². The van der Waals surface area contributed by atoms with Crippen LogP contribution in [0.5, 0.6) is 11.5 Å². The number of rotatable bonds is 4. The van der Waals surface area contributed by atoms with Gasteiger partial charge in [-0.15, -0.1) is 13.2 Å². The topological polar surface area (TPSA) is 78.6 Å². The molecular formula is C9H7F6NO4S. The summed E-state index contributed by atoms with van der Waals surface area (Å²) in [5.74, 6) is -2.51. The smallest absolute Gasteiger partial charge is 0.402 e. The number of benzene rings is 1. The monoisotopic (exact) mass is 339 g/mol. The number of hydrogen-bond acceptors (Lipinski definition) is 5. The van der Waals surface area contributed by atoms with Crippen molar-refractivity contribution in [2.75, 3.05) is 0 Å². The van der Waals surface area contributed by atoms with E-state index in [0.717, 1.165) is 6.07 Å². The van der Waals surface area contributed by atoms with Crippen LogP contribution in [0.1, 0.15) is 5.56 Å². The first kappa shape index (κ1) is 17.4. The van der Waals surface area contributed by atoms with Crippen LogP contribution in [0.2, 0.25) is 0 Å². The number of hydrogen-bond donors (Lipinski definition) is 1. The zero-order valence-electron chi connectivity index (χ0n) is 9.83. The van der Waals surface area contributed by atoms with Crippen LogP contribution in [-0.2, 0) is 16.7 Å². The molecule has 1 aromatic rings. The normalized spacial score (nSPS) is 13.1. The zero-order valence-corrected chi connectivity index (χ0v) is 10.6. The van der Waals surface area contributed by atoms with E-state index in [-0.39, 0.29) is 12.1 Å². The van der Waals surface area contributed by atoms with Gasteiger partial charge in [-0.25, -0.2) is 0 Å². The van der Waals surface area contributed by atoms with Gasteiger partial charge >= 0.3 is 22.0 Å². The second kappa shape index (κ2) is 5.60. The maximum absolute atomic E-state index is 12.1. The second-order valence-corrected chi connectivity index (χ2v) is 5.05. The van der Waals surface area contributed by atoms with Crippen LogP contribution >= 0.6 is 0 Å². The van der Waals surface area contributed by atoms with E-state index in [1.807, 2.05) is 0 Å². The minimum absolute atomic E-state index is 0.0611. The molecule has 0 amide bonds. The van der Waals surface area contributed by atoms with Gasteiger partial charge in [-0.1, -0.05) is 6.07 Å². The molecule has 1 rings (SSSR count). The molecule has 0 saturated carbocycles. The van der Waals surface area contributed by atoms with E-state index in [0.29, 0.717) is 12.1 Å². The van der Waals surface area contributed by atoms with Crippen LogP contribution in [0.25, 0.3) is 0 Å². The van der Waals surface area contributed by atoms with E-state index in [1.165, 1.54) is 0 Å². The van der Waals surface area contributed by atoms with Gasteiger partial charge in [-0.3, -0.25) is 0 Å². The van der Waals surface area contributed by atoms with Crippen molar-refractivity contribution in [3.05, 3.63) is 23.8 Å². The maximum Gasteiger partial charge on any atom is 0.573 e. The molecule has 0 unspecified atom stereocenters. The quantitative estimate of drug-likeness (QED) is 0.517. The van der Waals surface area contributed by atoms with E-state index < -0.39 is 33.5 Å². The fourth-order valence-electron chi connectivity index (χ4n) is 1.12. The fraction of sp³-hybridized carbons (Fsp3) is 0.333. The van der Waals surface area contributed by atoms with Crippen molar-refractivity contribution in [2.45, 2.75) is 18.4 Å². The molecule has 0 fully saturated rings. The molecule has 0 saturated heterocycles. The van der Waals surface area contributed by atoms with Crippen molar-refractivity contribution in [1.82, 2.24) is 0 Å². The molecule has 120 valence electrons. The Morgan fingerprint density at radius 2 is 1.62 bits per heavy atom. The minimum atomic E-state index is -6.13. The molecule has 0 aliphatic rings. The Kier molecular flexibility index (Phi) is 4.63. The van der Waals surface area contributed by atoms with Gasteiger partial charge in [0.2, 0.25) is 0 Å². The highest BCUT2D eigenvalue weighted by atomic mass is 32.2. The van der Waals surface area contributed by atoms with Gasteiger partial charge in [0.25, 0.3) is 0 Å². The molecule has 1 aromatic carbocycles. The molecule has 0 aliphatic carbocycles. The number of nitrogens with two attached hydrogens (primary N) is 1. The van der Waals surface area contributed by atoms with Gasteiger partial charge in [-0.2, -0.15) is 21.6 Å². The van der Waals surface area contributed by atoms with Crippen LogP contribution in [0, 0.1) is 0 Å². The van der Waals surface area contributed by atoms with Crippen molar-refractivity contribution < 1.29 is 43.7 Å². The number of ether oxygens (including phenoxy) is 1. The summed E-state index contributed by atoms with van der Waals surface area (Å²) >= 11 is 0. The Bertz CT molecular complexity index is 610. The molecule has 0 aromatic heterocycles. The summed E-state index contributed by atoms with van der Waals surface area (Å²) in [6.07, 6.45) is -5.26. The third-order valence-corrected chi connectivity index (χ3v) is 2.92. The lowest BCUT2D eigenvalue weighted by Gasteiger charge is -2.15. The highest BCUT2D eigenvalue weighted by Gasteiger charge is 2.49. The molecule has 5 nitrogen and oxygen atoms in total. The Labute approximate surface area is 114 Å². The molecule has 0 heterocycles. The van der Waals surface area contributed by atoms with Crippen molar-refractivity contribution in [3.63, 3.8) is 0 Å². The van der Waals surface area contributed by atoms with Gasteiger partial charge in [0.15, 0.2) is 11.5 Å². The van der Waals surface area contributed by atoms with Crippen molar-refractivity contribution in [3.8, 4) is 11.5 Å². The van der Waals surface area contributed by atoms with Crippen LogP contribution in [0.4, 0.5) is 26.3 Å². The molecular weight excluding hydrogens is 332 g/mol. The first-order valence-electron chi connectivity index (χ1n) is 4.95. The zero-order chi connectivity index (χ0) is 16.5. The number of alkyl halides is 6. The molecule has 12 heteroatoms. The lowest BCUT2D eigenvalue weighted by atomic mass is 10.2. The summed E-state index contributed by atoms with van der Waals surface area (Å²) < 4.78 is 101. The van der Waals surface area contributed by atoms with E-state index >= 15 is 0 Å². The summed E-state index contributed by atoms with van der Waals surface area (Å²) in [6, 6.07) is 2.19. The third-order valence-electron chi connectivity index (χ3n) is 1.95. The van der Waals surface area contributed by atoms with E-state index in [1.54, 1.807) is 0 Å². The van der Waals surface area contributed by atoms with Crippen molar-refractivity contribution in [2.24, 2.45) is 5.73 Å². The second-order valence-electron chi connectivity index (χ2n) is 3.52. The minimum Gasteiger partial charge on any atom is -0.402 e. The van der Waals surface area contributed by atoms with Gasteiger partial charge in [0.1, 0.15) is 0 Å². The lowest BCUT2D eigenvalue weighted by molar-refractivity contribution is -0.275. The molecule has 0 radical (unpaired) electrons. The van der Waals surface area contributed by atoms with Crippen LogP contribution in [-0.4, -0.2) is 20.3 Å². The van der Waals surface area contributed by atoms with Crippen molar-refractivity contribution >= 4 is 10.1 Å². The molecule has 0 bridgehead atoms. The predicted octanol–water partition coefficient (Wildman–Crippen LogP) is 2.27. The van der Waals surface area contributed by atoms with Crippen molar-refractivity contribution in [1.29, 1.82) is 0 Å². The Morgan fingerprint density at radius 3 is 2.05 bits per heavy atom. The van der Waals surface area contributed by atoms with Gasteiger partial charge in [-0.05, 0) is 17.7 Å². The van der Waals surface area contributed by atoms with Crippen LogP contribution in [0.3, 0.4) is 0 Å². The van der Waals surface area contributed by atoms with E-state index in [4.69, 9.17) is 5.73 Å². The predicted molar refractivity (Wildman–Crippen MR) is 56.6 cm³/mol. The Balaban J connectivity index is 3.24. The summed E-state index contributed by atoms with van der Waals surface area (Å²) in [5, 5.41) is 0. The average Bonchev–Trinajstić information content (AvgIpc) is 2.27. The largest absolute Gasteiger partial charge is 0.573 e. The summed E-state index contributed by atoms with van der Waals surface area (Å²) in [7, 11) is -6.13. The van der Waals surface area contributed by atoms with Gasteiger partial charge in [0, 0.05) is 6.54 Å². The highest BCUT2D eigenvalue weighted by Crippen LogP contribution is 2.36. The molecule has 0 spiro atoms. The summed E-state index contributed by atoms with van der Waals surface area (Å²) in [6.45, 7) is -0.249. The molecule has 2 N–H and O–H groups in total. The highest BCUT2D eigenvalue weighted by molar-refractivity contribution is 7.88. The molecule has 0 atom stereocenters. The summed E-state index contributed by atoms with van der Waals surface area (Å²) in [5.41, 5.74) is -0.582. The first-order valence-corrected chi connectivity index (χ1v) is 6.36. The Hall–Kier alpha value is -1.69. The van der Waals surface area contributed by atoms with Gasteiger partial charge in [0.05, 0.1) is 0 Å². The standard InChI is InChI=1S/C9H7F6NO4S/c10-8(11,12)19-7-3-5(4-16)1-2-6(7)20-21(17,18)9(13,14)15/h1-3H,4,16H2. The Morgan fingerprint density at radius 1 is 1.05 bits per heavy atom. The van der Waals surface area contributed by atoms with Gasteiger partial charge < -0.3 is 14.7 Å². The molecule has 0 aliphatic heterocycles. The average molecular weight is 339 g/mol. The lowest BCUT2D eigenvalue weighted by Crippen LogP contribution is -2.28. The number of halogens is 6. The first-order chi connectivity index (χ1) is 9.36.